The quantitative estimate of drug-likeness (QED) is 0.683. The molecule has 0 aromatic heterocycles. The Morgan fingerprint density at radius 1 is 1.03 bits per heavy atom. The fourth-order valence-electron chi connectivity index (χ4n) is 4.13. The van der Waals surface area contributed by atoms with Crippen molar-refractivity contribution >= 4 is 29.2 Å². The molecule has 6 nitrogen and oxygen atoms in total. The number of anilines is 1. The van der Waals surface area contributed by atoms with E-state index in [2.05, 4.69) is 16.0 Å². The van der Waals surface area contributed by atoms with Gasteiger partial charge in [0, 0.05) is 41.8 Å². The van der Waals surface area contributed by atoms with Gasteiger partial charge in [-0.25, -0.2) is 0 Å². The molecule has 170 valence electrons. The molecule has 2 aromatic carbocycles. The summed E-state index contributed by atoms with van der Waals surface area (Å²) in [7, 11) is 0. The van der Waals surface area contributed by atoms with Gasteiger partial charge in [-0.15, -0.1) is 0 Å². The zero-order valence-electron chi connectivity index (χ0n) is 19.1. The Morgan fingerprint density at radius 2 is 1.67 bits per heavy atom. The molecule has 0 atom stereocenters. The number of piperidine rings is 1. The molecule has 2 aliphatic heterocycles. The molecule has 33 heavy (non-hydrogen) atoms. The average molecular weight is 443 g/mol. The highest BCUT2D eigenvalue weighted by molar-refractivity contribution is 5.95. The molecule has 2 aromatic rings. The molecule has 0 aliphatic carbocycles. The van der Waals surface area contributed by atoms with Crippen LogP contribution in [-0.2, 0) is 0 Å². The largest absolute Gasteiger partial charge is 0.399 e. The van der Waals surface area contributed by atoms with Crippen LogP contribution in [-0.4, -0.2) is 46.2 Å². The van der Waals surface area contributed by atoms with Crippen molar-refractivity contribution in [1.29, 1.82) is 0 Å². The first-order chi connectivity index (χ1) is 16.0. The number of amides is 1. The van der Waals surface area contributed by atoms with Crippen LogP contribution in [0.3, 0.4) is 0 Å². The lowest BCUT2D eigenvalue weighted by molar-refractivity contribution is 0.0546. The summed E-state index contributed by atoms with van der Waals surface area (Å²) in [5.74, 6) is 0.00644. The Hall–Kier alpha value is -3.64. The maximum absolute atomic E-state index is 12.8. The van der Waals surface area contributed by atoms with Gasteiger partial charge in [0.15, 0.2) is 0 Å². The van der Waals surface area contributed by atoms with Crippen LogP contribution in [0.15, 0.2) is 77.6 Å². The van der Waals surface area contributed by atoms with Gasteiger partial charge in [-0.05, 0) is 56.5 Å². The lowest BCUT2D eigenvalue weighted by Gasteiger charge is -2.29. The van der Waals surface area contributed by atoms with E-state index in [0.29, 0.717) is 31.5 Å². The van der Waals surface area contributed by atoms with E-state index in [1.165, 1.54) is 0 Å². The molecule has 6 heteroatoms. The molecule has 4 rings (SSSR count). The maximum atomic E-state index is 12.8. The molecule has 1 saturated heterocycles. The van der Waals surface area contributed by atoms with Gasteiger partial charge in [0.2, 0.25) is 0 Å². The smallest absolute Gasteiger partial charge is 0.253 e. The Bertz CT molecular complexity index is 1120. The van der Waals surface area contributed by atoms with Gasteiger partial charge in [0.25, 0.3) is 5.91 Å². The Labute approximate surface area is 195 Å². The predicted octanol–water partition coefficient (Wildman–Crippen LogP) is 4.52. The highest BCUT2D eigenvalue weighted by Crippen LogP contribution is 2.30. The zero-order valence-corrected chi connectivity index (χ0v) is 19.1. The van der Waals surface area contributed by atoms with E-state index in [4.69, 9.17) is 5.73 Å². The molecule has 1 amide bonds. The van der Waals surface area contributed by atoms with Crippen LogP contribution >= 0.6 is 0 Å². The number of likely N-dealkylation sites (tertiary alicyclic amines) is 1. The molecule has 0 radical (unpaired) electrons. The minimum absolute atomic E-state index is 0.00644. The number of rotatable bonds is 4. The number of nitrogen functional groups attached to an aromatic ring is 1. The predicted molar refractivity (Wildman–Crippen MR) is 134 cm³/mol. The van der Waals surface area contributed by atoms with E-state index < -0.39 is 0 Å². The molecular weight excluding hydrogens is 412 g/mol. The average Bonchev–Trinajstić information content (AvgIpc) is 2.86. The number of aliphatic hydroxyl groups excluding tert-OH is 1. The van der Waals surface area contributed by atoms with E-state index in [-0.39, 0.29) is 12.0 Å². The van der Waals surface area contributed by atoms with Gasteiger partial charge in [-0.2, -0.15) is 0 Å². The second-order valence-electron chi connectivity index (χ2n) is 8.25. The number of nitrogens with zero attached hydrogens (tertiary/aromatic N) is 3. The third kappa shape index (κ3) is 4.91. The topological polar surface area (TPSA) is 82.2 Å². The SMILES string of the molecule is C/C=C(/c1ccc(N)cc1)N1C=C(c2ccc(C(=O)N3CCC(O)CC3)cc2)N=C/C1=C\C. The van der Waals surface area contributed by atoms with E-state index in [1.54, 1.807) is 0 Å². The van der Waals surface area contributed by atoms with Crippen molar-refractivity contribution in [2.24, 2.45) is 4.99 Å². The van der Waals surface area contributed by atoms with Gasteiger partial charge in [0.1, 0.15) is 0 Å². The van der Waals surface area contributed by atoms with Crippen molar-refractivity contribution in [3.63, 3.8) is 0 Å². The molecule has 3 N–H and O–H groups in total. The summed E-state index contributed by atoms with van der Waals surface area (Å²) >= 11 is 0. The molecule has 0 saturated carbocycles. The molecule has 0 unspecified atom stereocenters. The highest BCUT2D eigenvalue weighted by Gasteiger charge is 2.23. The number of hydrogen-bond acceptors (Lipinski definition) is 5. The van der Waals surface area contributed by atoms with Crippen LogP contribution in [0.25, 0.3) is 11.4 Å². The molecule has 1 fully saturated rings. The first kappa shape index (κ1) is 22.6. The number of carbonyl (C=O) groups excluding carboxylic acids is 1. The third-order valence-electron chi connectivity index (χ3n) is 6.08. The number of benzene rings is 2. The van der Waals surface area contributed by atoms with E-state index in [1.807, 2.05) is 85.8 Å². The summed E-state index contributed by atoms with van der Waals surface area (Å²) in [6.45, 7) is 5.19. The first-order valence-corrected chi connectivity index (χ1v) is 11.3. The van der Waals surface area contributed by atoms with Crippen molar-refractivity contribution in [3.05, 3.63) is 89.3 Å². The zero-order chi connectivity index (χ0) is 23.4. The van der Waals surface area contributed by atoms with Gasteiger partial charge in [-0.1, -0.05) is 36.4 Å². The molecule has 2 heterocycles. The molecular formula is C27H30N4O2. The minimum atomic E-state index is -0.298. The number of nitrogens with two attached hydrogens (primary N) is 1. The monoisotopic (exact) mass is 442 g/mol. The Morgan fingerprint density at radius 3 is 2.27 bits per heavy atom. The summed E-state index contributed by atoms with van der Waals surface area (Å²) in [5, 5.41) is 9.68. The second kappa shape index (κ2) is 9.88. The lowest BCUT2D eigenvalue weighted by atomic mass is 10.0. The number of carbonyl (C=O) groups is 1. The molecule has 0 spiro atoms. The second-order valence-corrected chi connectivity index (χ2v) is 8.25. The van der Waals surface area contributed by atoms with Crippen molar-refractivity contribution in [1.82, 2.24) is 9.80 Å². The lowest BCUT2D eigenvalue weighted by Crippen LogP contribution is -2.40. The Balaban J connectivity index is 1.58. The van der Waals surface area contributed by atoms with Crippen molar-refractivity contribution in [3.8, 4) is 0 Å². The van der Waals surface area contributed by atoms with Crippen LogP contribution in [0.4, 0.5) is 5.69 Å². The van der Waals surface area contributed by atoms with Crippen LogP contribution in [0, 0.1) is 0 Å². The van der Waals surface area contributed by atoms with Crippen molar-refractivity contribution in [2.75, 3.05) is 18.8 Å². The van der Waals surface area contributed by atoms with Gasteiger partial charge >= 0.3 is 0 Å². The highest BCUT2D eigenvalue weighted by atomic mass is 16.3. The van der Waals surface area contributed by atoms with Crippen molar-refractivity contribution in [2.45, 2.75) is 32.8 Å². The fourth-order valence-corrected chi connectivity index (χ4v) is 4.13. The van der Waals surface area contributed by atoms with Crippen LogP contribution < -0.4 is 5.73 Å². The van der Waals surface area contributed by atoms with Crippen molar-refractivity contribution < 1.29 is 9.90 Å². The minimum Gasteiger partial charge on any atom is -0.399 e. The number of aliphatic hydroxyl groups is 1. The van der Waals surface area contributed by atoms with E-state index >= 15 is 0 Å². The van der Waals surface area contributed by atoms with Gasteiger partial charge in [0.05, 0.1) is 23.7 Å². The van der Waals surface area contributed by atoms with E-state index in [9.17, 15) is 9.90 Å². The van der Waals surface area contributed by atoms with Gasteiger partial charge in [-0.3, -0.25) is 9.79 Å². The summed E-state index contributed by atoms with van der Waals surface area (Å²) in [4.78, 5) is 21.4. The Kier molecular flexibility index (Phi) is 6.75. The number of allylic oxidation sites excluding steroid dienone is 3. The van der Waals surface area contributed by atoms with Crippen LogP contribution in [0.5, 0.6) is 0 Å². The van der Waals surface area contributed by atoms with Crippen LogP contribution in [0.2, 0.25) is 0 Å². The molecule has 0 bridgehead atoms. The summed E-state index contributed by atoms with van der Waals surface area (Å²) in [6, 6.07) is 15.4. The maximum Gasteiger partial charge on any atom is 0.253 e. The van der Waals surface area contributed by atoms with Gasteiger partial charge < -0.3 is 20.6 Å². The van der Waals surface area contributed by atoms with E-state index in [0.717, 1.165) is 33.9 Å². The fraction of sp³-hybridized carbons (Fsp3) is 0.259. The third-order valence-corrected chi connectivity index (χ3v) is 6.08. The number of aliphatic imine (C=N–C) groups is 1. The molecule has 2 aliphatic rings. The standard InChI is InChI=1S/C27H30N4O2/c1-3-23-17-29-25(18-31(23)26(4-2)20-9-11-22(28)12-10-20)19-5-7-21(8-6-19)27(33)30-15-13-24(32)14-16-30/h3-12,17-18,24,32H,13-16,28H2,1-2H3/b23-3+,26-4-. The summed E-state index contributed by atoms with van der Waals surface area (Å²) in [6.07, 6.45) is 8.94. The summed E-state index contributed by atoms with van der Waals surface area (Å²) < 4.78 is 0. The first-order valence-electron chi connectivity index (χ1n) is 11.3. The number of hydrogen-bond donors (Lipinski definition) is 2. The normalized spacial score (nSPS) is 18.6. The van der Waals surface area contributed by atoms with Crippen LogP contribution in [0.1, 0.15) is 48.2 Å². The summed E-state index contributed by atoms with van der Waals surface area (Å²) in [5.41, 5.74) is 12.1.